The van der Waals surface area contributed by atoms with E-state index in [1.54, 1.807) is 0 Å². The lowest BCUT2D eigenvalue weighted by Gasteiger charge is -2.18. The molecular weight excluding hydrogens is 1010 g/mol. The molecule has 0 saturated heterocycles. The second-order valence-corrected chi connectivity index (χ2v) is 23.0. The molecule has 1 atom stereocenters. The highest BCUT2D eigenvalue weighted by Gasteiger charge is 2.19. The molecule has 0 aromatic heterocycles. The molecule has 6 heteroatoms. The maximum absolute atomic E-state index is 12.9. The van der Waals surface area contributed by atoms with Gasteiger partial charge in [0.25, 0.3) is 0 Å². The topological polar surface area (TPSA) is 78.9 Å². The SMILES string of the molecule is CC/C=C\C/C=C\C/C=C\C/C=C\CCCCCCCCCCCCCCCCCCCCC(=O)OCC(COC(=O)CCCCCCC/C=C\CCCCCCCCC)OC(=O)CCCCCC/C=C\C/C=C\C/C=C\C/C=C\CC. The smallest absolute Gasteiger partial charge is 0.306 e. The van der Waals surface area contributed by atoms with Gasteiger partial charge < -0.3 is 14.2 Å². The van der Waals surface area contributed by atoms with Crippen LogP contribution >= 0.6 is 0 Å². The largest absolute Gasteiger partial charge is 0.462 e. The normalized spacial score (nSPS) is 12.8. The van der Waals surface area contributed by atoms with E-state index in [0.717, 1.165) is 128 Å². The minimum Gasteiger partial charge on any atom is -0.462 e. The van der Waals surface area contributed by atoms with Crippen LogP contribution in [0.15, 0.2) is 109 Å². The van der Waals surface area contributed by atoms with Gasteiger partial charge in [0, 0.05) is 19.3 Å². The Hall–Kier alpha value is -3.93. The molecule has 0 aromatic rings. The van der Waals surface area contributed by atoms with E-state index in [0.29, 0.717) is 19.3 Å². The lowest BCUT2D eigenvalue weighted by Crippen LogP contribution is -2.30. The van der Waals surface area contributed by atoms with Gasteiger partial charge in [0.2, 0.25) is 0 Å². The molecule has 470 valence electrons. The highest BCUT2D eigenvalue weighted by Crippen LogP contribution is 2.17. The Morgan fingerprint density at radius 1 is 0.256 bits per heavy atom. The van der Waals surface area contributed by atoms with E-state index in [1.165, 1.54) is 167 Å². The minimum absolute atomic E-state index is 0.0885. The van der Waals surface area contributed by atoms with Gasteiger partial charge in [-0.25, -0.2) is 0 Å². The summed E-state index contributed by atoms with van der Waals surface area (Å²) in [6, 6.07) is 0. The van der Waals surface area contributed by atoms with Crippen molar-refractivity contribution in [2.75, 3.05) is 13.2 Å². The number of carbonyl (C=O) groups excluding carboxylic acids is 3. The summed E-state index contributed by atoms with van der Waals surface area (Å²) in [7, 11) is 0. The van der Waals surface area contributed by atoms with Crippen molar-refractivity contribution in [1.29, 1.82) is 0 Å². The predicted octanol–water partition coefficient (Wildman–Crippen LogP) is 24.2. The third-order valence-electron chi connectivity index (χ3n) is 15.0. The molecule has 0 N–H and O–H groups in total. The Labute approximate surface area is 508 Å². The van der Waals surface area contributed by atoms with Crippen LogP contribution in [-0.2, 0) is 28.6 Å². The first-order chi connectivity index (χ1) is 40.5. The van der Waals surface area contributed by atoms with Gasteiger partial charge in [-0.1, -0.05) is 304 Å². The quantitative estimate of drug-likeness (QED) is 0.0261. The number of hydrogen-bond acceptors (Lipinski definition) is 6. The van der Waals surface area contributed by atoms with Crippen LogP contribution in [0.25, 0.3) is 0 Å². The van der Waals surface area contributed by atoms with Gasteiger partial charge in [0.05, 0.1) is 0 Å². The summed E-state index contributed by atoms with van der Waals surface area (Å²) >= 11 is 0. The molecule has 0 rings (SSSR count). The van der Waals surface area contributed by atoms with Gasteiger partial charge in [0.1, 0.15) is 13.2 Å². The summed E-state index contributed by atoms with van der Waals surface area (Å²) in [5, 5.41) is 0. The van der Waals surface area contributed by atoms with Crippen molar-refractivity contribution >= 4 is 17.9 Å². The van der Waals surface area contributed by atoms with Crippen molar-refractivity contribution in [3.8, 4) is 0 Å². The molecule has 0 saturated carbocycles. The Kier molecular flexibility index (Phi) is 66.2. The first-order valence-electron chi connectivity index (χ1n) is 34.9. The molecule has 0 spiro atoms. The fourth-order valence-corrected chi connectivity index (χ4v) is 9.83. The van der Waals surface area contributed by atoms with Crippen LogP contribution in [0.3, 0.4) is 0 Å². The zero-order chi connectivity index (χ0) is 59.2. The summed E-state index contributed by atoms with van der Waals surface area (Å²) in [6.45, 7) is 6.42. The van der Waals surface area contributed by atoms with E-state index in [1.807, 2.05) is 0 Å². The van der Waals surface area contributed by atoms with Gasteiger partial charge in [-0.2, -0.15) is 0 Å². The molecule has 0 bridgehead atoms. The van der Waals surface area contributed by atoms with Crippen molar-refractivity contribution in [3.63, 3.8) is 0 Å². The summed E-state index contributed by atoms with van der Waals surface area (Å²) in [6.07, 6.45) is 95.5. The highest BCUT2D eigenvalue weighted by atomic mass is 16.6. The second kappa shape index (κ2) is 69.6. The van der Waals surface area contributed by atoms with Crippen LogP contribution in [-0.4, -0.2) is 37.2 Å². The Bertz CT molecular complexity index is 1640. The average Bonchev–Trinajstić information content (AvgIpc) is 3.48. The van der Waals surface area contributed by atoms with Crippen LogP contribution < -0.4 is 0 Å². The van der Waals surface area contributed by atoms with E-state index in [2.05, 4.69) is 130 Å². The number of ether oxygens (including phenoxy) is 3. The lowest BCUT2D eigenvalue weighted by atomic mass is 10.0. The molecule has 0 radical (unpaired) electrons. The Morgan fingerprint density at radius 2 is 0.476 bits per heavy atom. The van der Waals surface area contributed by atoms with Gasteiger partial charge in [-0.05, 0) is 122 Å². The molecule has 0 amide bonds. The standard InChI is InChI=1S/C76H130O6/c1-4-7-10-13-16-19-22-25-28-31-32-33-34-35-36-37-38-39-40-41-42-43-44-46-48-51-54-57-60-63-66-69-75(78)81-72-73(71-80-74(77)68-65-62-59-56-53-50-47-30-27-24-21-18-15-12-9-6-3)82-76(79)70-67-64-61-58-55-52-49-45-29-26-23-20-17-14-11-8-5-2/h7-8,10-11,16-17,19-20,25-26,28-30,32-33,47,49,52,73H,4-6,9,12-15,18,21-24,27,31,34-46,48,50-51,53-72H2,1-3H3/b10-7-,11-8-,19-16-,20-17-,28-25-,29-26-,33-32-,47-30-,52-49-. The summed E-state index contributed by atoms with van der Waals surface area (Å²) in [4.78, 5) is 38.4. The minimum atomic E-state index is -0.796. The third kappa shape index (κ3) is 66.9. The summed E-state index contributed by atoms with van der Waals surface area (Å²) in [5.74, 6) is -0.907. The van der Waals surface area contributed by atoms with Crippen molar-refractivity contribution in [2.24, 2.45) is 0 Å². The van der Waals surface area contributed by atoms with Crippen molar-refractivity contribution < 1.29 is 28.6 Å². The van der Waals surface area contributed by atoms with Crippen LogP contribution in [0.5, 0.6) is 0 Å². The molecule has 82 heavy (non-hydrogen) atoms. The number of esters is 3. The van der Waals surface area contributed by atoms with E-state index < -0.39 is 6.10 Å². The predicted molar refractivity (Wildman–Crippen MR) is 357 cm³/mol. The average molecular weight is 1140 g/mol. The second-order valence-electron chi connectivity index (χ2n) is 23.0. The van der Waals surface area contributed by atoms with Gasteiger partial charge >= 0.3 is 17.9 Å². The summed E-state index contributed by atoms with van der Waals surface area (Å²) < 4.78 is 16.9. The molecule has 0 aromatic carbocycles. The number of hydrogen-bond donors (Lipinski definition) is 0. The summed E-state index contributed by atoms with van der Waals surface area (Å²) in [5.41, 5.74) is 0. The van der Waals surface area contributed by atoms with Gasteiger partial charge in [0.15, 0.2) is 6.10 Å². The highest BCUT2D eigenvalue weighted by molar-refractivity contribution is 5.71. The lowest BCUT2D eigenvalue weighted by molar-refractivity contribution is -0.167. The van der Waals surface area contributed by atoms with Gasteiger partial charge in [-0.3, -0.25) is 14.4 Å². The van der Waals surface area contributed by atoms with Crippen molar-refractivity contribution in [1.82, 2.24) is 0 Å². The molecule has 6 nitrogen and oxygen atoms in total. The molecule has 1 unspecified atom stereocenters. The fraction of sp³-hybridized carbons (Fsp3) is 0.724. The van der Waals surface area contributed by atoms with Gasteiger partial charge in [-0.15, -0.1) is 0 Å². The van der Waals surface area contributed by atoms with Crippen LogP contribution in [0, 0.1) is 0 Å². The third-order valence-corrected chi connectivity index (χ3v) is 15.0. The van der Waals surface area contributed by atoms with Crippen LogP contribution in [0.1, 0.15) is 335 Å². The zero-order valence-electron chi connectivity index (χ0n) is 54.0. The molecule has 0 heterocycles. The van der Waals surface area contributed by atoms with Crippen molar-refractivity contribution in [2.45, 2.75) is 341 Å². The number of unbranched alkanes of at least 4 members (excludes halogenated alkanes) is 34. The van der Waals surface area contributed by atoms with Crippen LogP contribution in [0.2, 0.25) is 0 Å². The van der Waals surface area contributed by atoms with E-state index in [4.69, 9.17) is 14.2 Å². The number of rotatable bonds is 63. The first-order valence-corrected chi connectivity index (χ1v) is 34.9. The molecule has 0 aliphatic rings. The molecular formula is C76H130O6. The fourth-order valence-electron chi connectivity index (χ4n) is 9.83. The van der Waals surface area contributed by atoms with E-state index in [9.17, 15) is 14.4 Å². The van der Waals surface area contributed by atoms with E-state index in [-0.39, 0.29) is 31.1 Å². The first kappa shape index (κ1) is 78.1. The molecule has 0 aliphatic heterocycles. The monoisotopic (exact) mass is 1140 g/mol. The van der Waals surface area contributed by atoms with Crippen molar-refractivity contribution in [3.05, 3.63) is 109 Å². The number of carbonyl (C=O) groups is 3. The van der Waals surface area contributed by atoms with E-state index >= 15 is 0 Å². The Morgan fingerprint density at radius 3 is 0.756 bits per heavy atom. The maximum Gasteiger partial charge on any atom is 0.306 e. The molecule has 0 aliphatic carbocycles. The number of allylic oxidation sites excluding steroid dienone is 18. The molecule has 0 fully saturated rings. The maximum atomic E-state index is 12.9. The van der Waals surface area contributed by atoms with Crippen LogP contribution in [0.4, 0.5) is 0 Å². The zero-order valence-corrected chi connectivity index (χ0v) is 54.0. The Balaban J connectivity index is 4.26.